The average Bonchev–Trinajstić information content (AvgIpc) is 3.99. The summed E-state index contributed by atoms with van der Waals surface area (Å²) in [5.74, 6) is 0. The van der Waals surface area contributed by atoms with E-state index < -0.39 is 96.3 Å². The predicted molar refractivity (Wildman–Crippen MR) is 215 cm³/mol. The third-order valence-corrected chi connectivity index (χ3v) is 9.36. The van der Waals surface area contributed by atoms with Crippen LogP contribution in [-0.4, -0.2) is 13.7 Å². The molecule has 8 aromatic carbocycles. The first kappa shape index (κ1) is 16.2. The Morgan fingerprint density at radius 3 is 1.65 bits per heavy atom. The van der Waals surface area contributed by atoms with Crippen LogP contribution in [0.15, 0.2) is 188 Å². The van der Waals surface area contributed by atoms with Crippen molar-refractivity contribution < 1.29 is 23.3 Å². The van der Waals surface area contributed by atoms with Gasteiger partial charge in [-0.05, 0) is 83.8 Å². The fraction of sp³-hybridized carbons (Fsp3) is 0. The Balaban J connectivity index is 1.26. The van der Waals surface area contributed by atoms with Gasteiger partial charge in [0.05, 0.1) is 56.4 Å². The lowest BCUT2D eigenvalue weighted by Gasteiger charge is -2.12. The lowest BCUT2D eigenvalue weighted by molar-refractivity contribution is 1.16. The highest BCUT2D eigenvalue weighted by atomic mass is 15.0. The third kappa shape index (κ3) is 4.12. The van der Waals surface area contributed by atoms with E-state index in [2.05, 4.69) is 0 Å². The van der Waals surface area contributed by atoms with Gasteiger partial charge in [-0.3, -0.25) is 0 Å². The van der Waals surface area contributed by atoms with E-state index in [0.29, 0.717) is 22.2 Å². The summed E-state index contributed by atoms with van der Waals surface area (Å²) in [6, 6.07) is 16.1. The van der Waals surface area contributed by atoms with E-state index in [4.69, 9.17) is 16.4 Å². The first-order valence-electron chi connectivity index (χ1n) is 24.6. The standard InChI is InChI=1S/C48H31N3/c1-2-13-32(14-3-1)33-15-12-16-34(29-33)49-45-23-10-6-19-39(45)41-31-36(26-27-47(41)49)51-46-24-11-7-20-40(46)42-30-35(25-28-48(42)51)50-43-21-8-4-17-37(43)38-18-5-9-22-44(38)50/h1-31H/i4D,5D,7D,8D,9D,11D,13D,14D,17D,18D,20D,21D,22D,24D,25D,28D,30D. The first-order valence-corrected chi connectivity index (χ1v) is 16.1. The van der Waals surface area contributed by atoms with Crippen molar-refractivity contribution in [3.05, 3.63) is 188 Å². The zero-order chi connectivity index (χ0) is 48.3. The molecule has 0 unspecified atom stereocenters. The van der Waals surface area contributed by atoms with Gasteiger partial charge in [-0.25, -0.2) is 0 Å². The van der Waals surface area contributed by atoms with Gasteiger partial charge in [0.25, 0.3) is 0 Å². The van der Waals surface area contributed by atoms with Gasteiger partial charge in [0, 0.05) is 49.4 Å². The second-order valence-corrected chi connectivity index (χ2v) is 12.1. The van der Waals surface area contributed by atoms with Crippen LogP contribution in [0.5, 0.6) is 0 Å². The molecule has 0 aliphatic carbocycles. The van der Waals surface area contributed by atoms with Gasteiger partial charge < -0.3 is 13.7 Å². The number of rotatable bonds is 4. The van der Waals surface area contributed by atoms with Gasteiger partial charge in [0.15, 0.2) is 0 Å². The van der Waals surface area contributed by atoms with Gasteiger partial charge in [0.2, 0.25) is 0 Å². The second-order valence-electron chi connectivity index (χ2n) is 12.1. The molecule has 0 radical (unpaired) electrons. The molecule has 3 heterocycles. The van der Waals surface area contributed by atoms with Crippen LogP contribution in [0.3, 0.4) is 0 Å². The highest BCUT2D eigenvalue weighted by molar-refractivity contribution is 6.14. The number of aromatic nitrogens is 3. The SMILES string of the molecule is [2H]c1cccc([2H])c1-c1cccc(-n2c3ccccc3c3cc(-n4c5c([2H])c([2H])c([2H])c([2H])c5c5c([2H])c(-n6c7c([2H])c([2H])c([2H])c([2H])c7c7c([2H])c([2H])c([2H])c([2H])c76)c([2H])c([2H])c54)ccc32)c1. The molecule has 3 nitrogen and oxygen atoms in total. The summed E-state index contributed by atoms with van der Waals surface area (Å²) in [4.78, 5) is 0. The van der Waals surface area contributed by atoms with E-state index in [1.807, 2.05) is 59.2 Å². The summed E-state index contributed by atoms with van der Waals surface area (Å²) >= 11 is 0. The highest BCUT2D eigenvalue weighted by Gasteiger charge is 2.18. The molecule has 238 valence electrons. The van der Waals surface area contributed by atoms with E-state index in [9.17, 15) is 6.85 Å². The fourth-order valence-corrected chi connectivity index (χ4v) is 7.22. The van der Waals surface area contributed by atoms with Crippen LogP contribution in [0.2, 0.25) is 0 Å². The molecular formula is C48H31N3. The van der Waals surface area contributed by atoms with Crippen LogP contribution in [0.4, 0.5) is 0 Å². The Morgan fingerprint density at radius 1 is 0.314 bits per heavy atom. The summed E-state index contributed by atoms with van der Waals surface area (Å²) in [5.41, 5.74) is 2.17. The van der Waals surface area contributed by atoms with Gasteiger partial charge in [-0.1, -0.05) is 115 Å². The van der Waals surface area contributed by atoms with Crippen LogP contribution in [0.1, 0.15) is 23.3 Å². The molecule has 0 aliphatic heterocycles. The maximum Gasteiger partial charge on any atom is 0.0652 e. The molecule has 0 aliphatic rings. The fourth-order valence-electron chi connectivity index (χ4n) is 7.22. The molecule has 0 amide bonds. The Hall–Kier alpha value is -6.84. The Kier molecular flexibility index (Phi) is 3.45. The van der Waals surface area contributed by atoms with E-state index in [-0.39, 0.29) is 55.7 Å². The Labute approximate surface area is 318 Å². The number of hydrogen-bond donors (Lipinski definition) is 0. The normalized spacial score (nSPS) is 16.6. The molecule has 11 rings (SSSR count). The minimum atomic E-state index is -0.720. The monoisotopic (exact) mass is 666 g/mol. The minimum Gasteiger partial charge on any atom is -0.309 e. The van der Waals surface area contributed by atoms with E-state index >= 15 is 0 Å². The van der Waals surface area contributed by atoms with Crippen LogP contribution >= 0.6 is 0 Å². The number of benzene rings is 8. The molecule has 0 saturated carbocycles. The molecule has 3 aromatic heterocycles. The van der Waals surface area contributed by atoms with Crippen molar-refractivity contribution in [3.63, 3.8) is 0 Å². The van der Waals surface area contributed by atoms with Crippen molar-refractivity contribution in [1.82, 2.24) is 13.7 Å². The van der Waals surface area contributed by atoms with Crippen molar-refractivity contribution >= 4 is 65.4 Å². The zero-order valence-electron chi connectivity index (χ0n) is 43.4. The predicted octanol–water partition coefficient (Wildman–Crippen LogP) is 12.6. The van der Waals surface area contributed by atoms with Gasteiger partial charge in [-0.15, -0.1) is 0 Å². The molecule has 0 saturated heterocycles. The van der Waals surface area contributed by atoms with Crippen molar-refractivity contribution in [2.75, 3.05) is 0 Å². The molecular weight excluding hydrogens is 619 g/mol. The van der Waals surface area contributed by atoms with Crippen LogP contribution in [0, 0.1) is 0 Å². The maximum atomic E-state index is 9.94. The maximum absolute atomic E-state index is 9.94. The van der Waals surface area contributed by atoms with Crippen LogP contribution < -0.4 is 0 Å². The first-order chi connectivity index (χ1) is 32.4. The molecule has 0 atom stereocenters. The molecule has 11 aromatic rings. The quantitative estimate of drug-likeness (QED) is 0.178. The van der Waals surface area contributed by atoms with Crippen LogP contribution in [0.25, 0.3) is 93.6 Å². The molecule has 0 bridgehead atoms. The summed E-state index contributed by atoms with van der Waals surface area (Å²) in [5, 5.41) is 0.496. The minimum absolute atomic E-state index is 0.119. The third-order valence-electron chi connectivity index (χ3n) is 9.36. The number of fused-ring (bicyclic) bond motifs is 9. The van der Waals surface area contributed by atoms with E-state index in [1.165, 1.54) is 4.57 Å². The zero-order valence-corrected chi connectivity index (χ0v) is 26.4. The van der Waals surface area contributed by atoms with Crippen molar-refractivity contribution in [2.45, 2.75) is 0 Å². The smallest absolute Gasteiger partial charge is 0.0652 e. The van der Waals surface area contributed by atoms with Gasteiger partial charge >= 0.3 is 0 Å². The molecule has 3 heteroatoms. The van der Waals surface area contributed by atoms with E-state index in [0.717, 1.165) is 26.7 Å². The molecule has 0 spiro atoms. The molecule has 51 heavy (non-hydrogen) atoms. The molecule has 0 N–H and O–H groups in total. The van der Waals surface area contributed by atoms with Crippen molar-refractivity contribution in [2.24, 2.45) is 0 Å². The largest absolute Gasteiger partial charge is 0.309 e. The van der Waals surface area contributed by atoms with E-state index in [1.54, 1.807) is 30.3 Å². The Morgan fingerprint density at radius 2 is 0.902 bits per heavy atom. The summed E-state index contributed by atoms with van der Waals surface area (Å²) in [6.45, 7) is 0. The van der Waals surface area contributed by atoms with Gasteiger partial charge in [-0.2, -0.15) is 0 Å². The summed E-state index contributed by atoms with van der Waals surface area (Å²) in [7, 11) is 0. The topological polar surface area (TPSA) is 14.8 Å². The van der Waals surface area contributed by atoms with Crippen molar-refractivity contribution in [3.8, 4) is 28.2 Å². The number of para-hydroxylation sites is 4. The Bertz CT molecular complexity index is 4030. The molecule has 0 fully saturated rings. The summed E-state index contributed by atoms with van der Waals surface area (Å²) < 4.78 is 157. The highest BCUT2D eigenvalue weighted by Crippen LogP contribution is 2.39. The number of nitrogens with zero attached hydrogens (tertiary/aromatic N) is 3. The average molecular weight is 667 g/mol. The van der Waals surface area contributed by atoms with Crippen LogP contribution in [-0.2, 0) is 0 Å². The second kappa shape index (κ2) is 10.8. The summed E-state index contributed by atoms with van der Waals surface area (Å²) in [6.07, 6.45) is 0. The lowest BCUT2D eigenvalue weighted by Crippen LogP contribution is -1.97. The lowest BCUT2D eigenvalue weighted by atomic mass is 10.1. The van der Waals surface area contributed by atoms with Crippen molar-refractivity contribution in [1.29, 1.82) is 0 Å². The number of hydrogen-bond acceptors (Lipinski definition) is 0. The van der Waals surface area contributed by atoms with Gasteiger partial charge in [0.1, 0.15) is 0 Å².